The van der Waals surface area contributed by atoms with Gasteiger partial charge in [-0.05, 0) is 43.5 Å². The number of hydrogen-bond acceptors (Lipinski definition) is 3. The zero-order valence-electron chi connectivity index (χ0n) is 14.6. The summed E-state index contributed by atoms with van der Waals surface area (Å²) in [6, 6.07) is 6.10. The molecule has 0 N–H and O–H groups in total. The third-order valence-corrected chi connectivity index (χ3v) is 4.83. The lowest BCUT2D eigenvalue weighted by Crippen LogP contribution is -2.41. The summed E-state index contributed by atoms with van der Waals surface area (Å²) in [5.41, 5.74) is 2.01. The third kappa shape index (κ3) is 3.50. The molecule has 2 heterocycles. The Kier molecular flexibility index (Phi) is 4.97. The Morgan fingerprint density at radius 1 is 1.21 bits per heavy atom. The van der Waals surface area contributed by atoms with Crippen molar-refractivity contribution in [1.82, 2.24) is 9.80 Å². The first kappa shape index (κ1) is 16.7. The maximum Gasteiger partial charge on any atom is 0.320 e. The Balaban J connectivity index is 1.59. The maximum atomic E-state index is 12.4. The van der Waals surface area contributed by atoms with Crippen molar-refractivity contribution in [2.45, 2.75) is 32.3 Å². The van der Waals surface area contributed by atoms with Crippen molar-refractivity contribution in [3.63, 3.8) is 0 Å². The molecule has 2 saturated heterocycles. The van der Waals surface area contributed by atoms with Gasteiger partial charge < -0.3 is 19.3 Å². The fourth-order valence-electron chi connectivity index (χ4n) is 3.36. The summed E-state index contributed by atoms with van der Waals surface area (Å²) in [7, 11) is 1.62. The fourth-order valence-corrected chi connectivity index (χ4v) is 3.36. The number of urea groups is 1. The van der Waals surface area contributed by atoms with Gasteiger partial charge in [-0.15, -0.1) is 0 Å². The molecular formula is C19H26N2O3. The number of nitrogens with zero attached hydrogens (tertiary/aromatic N) is 2. The molecule has 2 amide bonds. The van der Waals surface area contributed by atoms with E-state index in [1.165, 1.54) is 0 Å². The summed E-state index contributed by atoms with van der Waals surface area (Å²) in [5.74, 6) is 1.51. The van der Waals surface area contributed by atoms with E-state index in [2.05, 4.69) is 6.58 Å². The number of aryl methyl sites for hydroxylation is 1. The van der Waals surface area contributed by atoms with Crippen molar-refractivity contribution in [2.75, 3.05) is 33.3 Å². The molecule has 24 heavy (non-hydrogen) atoms. The van der Waals surface area contributed by atoms with Gasteiger partial charge in [0.2, 0.25) is 0 Å². The number of carbonyl (C=O) groups is 1. The largest absolute Gasteiger partial charge is 0.497 e. The minimum absolute atomic E-state index is 0.0618. The van der Waals surface area contributed by atoms with Gasteiger partial charge in [-0.1, -0.05) is 6.58 Å². The summed E-state index contributed by atoms with van der Waals surface area (Å²) >= 11 is 0. The number of ether oxygens (including phenoxy) is 2. The average molecular weight is 330 g/mol. The van der Waals surface area contributed by atoms with E-state index in [4.69, 9.17) is 9.47 Å². The maximum absolute atomic E-state index is 12.4. The molecule has 1 aromatic rings. The van der Waals surface area contributed by atoms with Gasteiger partial charge in [0, 0.05) is 31.6 Å². The highest BCUT2D eigenvalue weighted by Crippen LogP contribution is 2.26. The smallest absolute Gasteiger partial charge is 0.320 e. The lowest BCUT2D eigenvalue weighted by atomic mass is 10.1. The summed E-state index contributed by atoms with van der Waals surface area (Å²) in [6.07, 6.45) is 3.19. The Morgan fingerprint density at radius 3 is 2.62 bits per heavy atom. The van der Waals surface area contributed by atoms with Gasteiger partial charge in [0.1, 0.15) is 17.6 Å². The second kappa shape index (κ2) is 7.16. The van der Waals surface area contributed by atoms with Crippen LogP contribution in [0.1, 0.15) is 30.4 Å². The number of likely N-dealkylation sites (tertiary alicyclic amines) is 2. The van der Waals surface area contributed by atoms with E-state index in [0.717, 1.165) is 55.8 Å². The zero-order chi connectivity index (χ0) is 17.1. The van der Waals surface area contributed by atoms with Crippen LogP contribution in [-0.2, 0) is 4.74 Å². The summed E-state index contributed by atoms with van der Waals surface area (Å²) in [6.45, 7) is 9.12. The number of amides is 2. The summed E-state index contributed by atoms with van der Waals surface area (Å²) < 4.78 is 11.3. The highest BCUT2D eigenvalue weighted by atomic mass is 16.5. The zero-order valence-corrected chi connectivity index (χ0v) is 14.6. The fraction of sp³-hybridized carbons (Fsp3) is 0.526. The molecule has 0 spiro atoms. The Bertz CT molecular complexity index is 623. The van der Waals surface area contributed by atoms with Crippen LogP contribution in [0.15, 0.2) is 24.8 Å². The van der Waals surface area contributed by atoms with Crippen molar-refractivity contribution in [2.24, 2.45) is 0 Å². The van der Waals surface area contributed by atoms with Crippen LogP contribution in [0.25, 0.3) is 5.76 Å². The molecule has 2 fully saturated rings. The summed E-state index contributed by atoms with van der Waals surface area (Å²) in [4.78, 5) is 16.3. The Hall–Kier alpha value is -2.17. The molecule has 5 nitrogen and oxygen atoms in total. The first-order valence-electron chi connectivity index (χ1n) is 8.63. The number of methoxy groups -OCH3 is 1. The predicted molar refractivity (Wildman–Crippen MR) is 94.0 cm³/mol. The van der Waals surface area contributed by atoms with Gasteiger partial charge in [-0.3, -0.25) is 0 Å². The van der Waals surface area contributed by atoms with Gasteiger partial charge in [0.15, 0.2) is 0 Å². The van der Waals surface area contributed by atoms with Crippen LogP contribution in [0.2, 0.25) is 0 Å². The molecule has 1 atom stereocenters. The molecule has 130 valence electrons. The number of carbonyl (C=O) groups excluding carboxylic acids is 1. The van der Waals surface area contributed by atoms with Gasteiger partial charge in [-0.25, -0.2) is 4.79 Å². The van der Waals surface area contributed by atoms with Crippen molar-refractivity contribution in [3.8, 4) is 5.75 Å². The molecule has 3 rings (SSSR count). The second-order valence-corrected chi connectivity index (χ2v) is 6.56. The van der Waals surface area contributed by atoms with Crippen molar-refractivity contribution in [3.05, 3.63) is 35.9 Å². The van der Waals surface area contributed by atoms with E-state index in [1.54, 1.807) is 7.11 Å². The van der Waals surface area contributed by atoms with Gasteiger partial charge in [0.25, 0.3) is 0 Å². The van der Waals surface area contributed by atoms with Crippen LogP contribution < -0.4 is 4.74 Å². The normalized spacial score (nSPS) is 20.3. The van der Waals surface area contributed by atoms with Gasteiger partial charge in [-0.2, -0.15) is 0 Å². The molecule has 2 aliphatic rings. The lowest BCUT2D eigenvalue weighted by Gasteiger charge is -2.24. The van der Waals surface area contributed by atoms with Crippen LogP contribution in [0, 0.1) is 6.92 Å². The van der Waals surface area contributed by atoms with Crippen LogP contribution >= 0.6 is 0 Å². The molecule has 5 heteroatoms. The number of benzene rings is 1. The average Bonchev–Trinajstić information content (AvgIpc) is 3.27. The highest BCUT2D eigenvalue weighted by Gasteiger charge is 2.31. The van der Waals surface area contributed by atoms with E-state index in [9.17, 15) is 4.79 Å². The third-order valence-electron chi connectivity index (χ3n) is 4.83. The molecule has 0 aromatic heterocycles. The molecular weight excluding hydrogens is 304 g/mol. The topological polar surface area (TPSA) is 42.0 Å². The predicted octanol–water partition coefficient (Wildman–Crippen LogP) is 3.28. The lowest BCUT2D eigenvalue weighted by molar-refractivity contribution is 0.160. The van der Waals surface area contributed by atoms with Crippen LogP contribution in [0.3, 0.4) is 0 Å². The van der Waals surface area contributed by atoms with Gasteiger partial charge in [0.05, 0.1) is 13.7 Å². The van der Waals surface area contributed by atoms with Crippen LogP contribution in [-0.4, -0.2) is 55.2 Å². The molecule has 0 bridgehead atoms. The standard InChI is InChI=1S/C19H26N2O3/c1-14-12-16(15(2)23-3)6-7-18(14)24-17-8-11-21(13-17)19(22)20-9-4-5-10-20/h6-7,12,17H,2,4-5,8-11,13H2,1,3H3. The monoisotopic (exact) mass is 330 g/mol. The first-order chi connectivity index (χ1) is 11.6. The second-order valence-electron chi connectivity index (χ2n) is 6.56. The van der Waals surface area contributed by atoms with E-state index in [0.29, 0.717) is 12.3 Å². The van der Waals surface area contributed by atoms with Crippen LogP contribution in [0.4, 0.5) is 4.79 Å². The van der Waals surface area contributed by atoms with Crippen molar-refractivity contribution >= 4 is 11.8 Å². The van der Waals surface area contributed by atoms with Crippen molar-refractivity contribution in [1.29, 1.82) is 0 Å². The highest BCUT2D eigenvalue weighted by molar-refractivity contribution is 5.75. The molecule has 1 aromatic carbocycles. The Morgan fingerprint density at radius 2 is 1.96 bits per heavy atom. The molecule has 0 saturated carbocycles. The van der Waals surface area contributed by atoms with Crippen LogP contribution in [0.5, 0.6) is 5.75 Å². The minimum atomic E-state index is 0.0618. The number of rotatable bonds is 4. The summed E-state index contributed by atoms with van der Waals surface area (Å²) in [5, 5.41) is 0. The Labute approximate surface area is 143 Å². The van der Waals surface area contributed by atoms with Crippen molar-refractivity contribution < 1.29 is 14.3 Å². The number of hydrogen-bond donors (Lipinski definition) is 0. The van der Waals surface area contributed by atoms with E-state index < -0.39 is 0 Å². The van der Waals surface area contributed by atoms with Gasteiger partial charge >= 0.3 is 6.03 Å². The molecule has 0 radical (unpaired) electrons. The minimum Gasteiger partial charge on any atom is -0.497 e. The SMILES string of the molecule is C=C(OC)c1ccc(OC2CCN(C(=O)N3CCCC3)C2)c(C)c1. The molecule has 2 aliphatic heterocycles. The van der Waals surface area contributed by atoms with E-state index in [-0.39, 0.29) is 12.1 Å². The van der Waals surface area contributed by atoms with E-state index >= 15 is 0 Å². The molecule has 1 unspecified atom stereocenters. The van der Waals surface area contributed by atoms with E-state index in [1.807, 2.05) is 34.9 Å². The molecule has 0 aliphatic carbocycles. The quantitative estimate of drug-likeness (QED) is 0.796. The first-order valence-corrected chi connectivity index (χ1v) is 8.63.